The van der Waals surface area contributed by atoms with E-state index in [1.54, 1.807) is 0 Å². The van der Waals surface area contributed by atoms with Gasteiger partial charge in [0.15, 0.2) is 0 Å². The summed E-state index contributed by atoms with van der Waals surface area (Å²) >= 11 is 0. The third-order valence-corrected chi connectivity index (χ3v) is 2.19. The minimum absolute atomic E-state index is 0.566. The molecule has 2 nitrogen and oxygen atoms in total. The second-order valence-corrected chi connectivity index (χ2v) is 4.32. The van der Waals surface area contributed by atoms with E-state index in [-0.39, 0.29) is 0 Å². The summed E-state index contributed by atoms with van der Waals surface area (Å²) in [5.41, 5.74) is -0.566. The first-order chi connectivity index (χ1) is 4.99. The molecule has 0 heterocycles. The summed E-state index contributed by atoms with van der Waals surface area (Å²) in [5, 5.41) is 12.7. The van der Waals surface area contributed by atoms with Crippen molar-refractivity contribution in [1.82, 2.24) is 5.32 Å². The van der Waals surface area contributed by atoms with Gasteiger partial charge in [-0.2, -0.15) is 0 Å². The Kier molecular flexibility index (Phi) is 2.55. The molecule has 0 amide bonds. The molecule has 1 fully saturated rings. The van der Waals surface area contributed by atoms with Gasteiger partial charge in [0.05, 0.1) is 5.60 Å². The number of hydrogen-bond donors (Lipinski definition) is 2. The average Bonchev–Trinajstić information content (AvgIpc) is 2.61. The Morgan fingerprint density at radius 2 is 2.09 bits per heavy atom. The Balaban J connectivity index is 2.10. The zero-order valence-corrected chi connectivity index (χ0v) is 7.72. The molecule has 0 aromatic carbocycles. The molecule has 1 rings (SSSR count). The maximum atomic E-state index is 9.41. The van der Waals surface area contributed by atoms with Crippen LogP contribution in [0.4, 0.5) is 0 Å². The average molecular weight is 157 g/mol. The quantitative estimate of drug-likeness (QED) is 0.641. The Morgan fingerprint density at radius 1 is 1.55 bits per heavy atom. The van der Waals surface area contributed by atoms with Crippen molar-refractivity contribution in [3.63, 3.8) is 0 Å². The van der Waals surface area contributed by atoms with Crippen molar-refractivity contribution in [2.24, 2.45) is 5.92 Å². The van der Waals surface area contributed by atoms with Crippen molar-refractivity contribution >= 4 is 0 Å². The SMILES string of the molecule is CC(NCC(C)(C)O)C1CC1. The van der Waals surface area contributed by atoms with Crippen LogP contribution in [0.2, 0.25) is 0 Å². The molecule has 11 heavy (non-hydrogen) atoms. The zero-order chi connectivity index (χ0) is 8.48. The molecule has 0 aliphatic heterocycles. The van der Waals surface area contributed by atoms with E-state index >= 15 is 0 Å². The molecule has 1 unspecified atom stereocenters. The standard InChI is InChI=1S/C9H19NO/c1-7(8-4-5-8)10-6-9(2,3)11/h7-8,10-11H,4-6H2,1-3H3. The van der Waals surface area contributed by atoms with E-state index in [4.69, 9.17) is 0 Å². The number of nitrogens with one attached hydrogen (secondary N) is 1. The van der Waals surface area contributed by atoms with Crippen LogP contribution in [-0.2, 0) is 0 Å². The lowest BCUT2D eigenvalue weighted by Gasteiger charge is -2.21. The molecular formula is C9H19NO. The molecule has 0 saturated heterocycles. The highest BCUT2D eigenvalue weighted by molar-refractivity contribution is 4.84. The van der Waals surface area contributed by atoms with Crippen molar-refractivity contribution in [3.8, 4) is 0 Å². The largest absolute Gasteiger partial charge is 0.389 e. The van der Waals surface area contributed by atoms with Gasteiger partial charge in [-0.25, -0.2) is 0 Å². The molecule has 0 bridgehead atoms. The summed E-state index contributed by atoms with van der Waals surface area (Å²) in [6, 6.07) is 0.585. The summed E-state index contributed by atoms with van der Waals surface area (Å²) in [5.74, 6) is 0.873. The Labute approximate surface area is 69.0 Å². The van der Waals surface area contributed by atoms with E-state index in [2.05, 4.69) is 12.2 Å². The number of aliphatic hydroxyl groups is 1. The van der Waals surface area contributed by atoms with Crippen LogP contribution in [0.1, 0.15) is 33.6 Å². The van der Waals surface area contributed by atoms with E-state index in [0.717, 1.165) is 5.92 Å². The molecule has 0 radical (unpaired) electrons. The van der Waals surface area contributed by atoms with Gasteiger partial charge in [0.1, 0.15) is 0 Å². The lowest BCUT2D eigenvalue weighted by atomic mass is 10.1. The van der Waals surface area contributed by atoms with Gasteiger partial charge in [-0.1, -0.05) is 0 Å². The van der Waals surface area contributed by atoms with Gasteiger partial charge in [0.25, 0.3) is 0 Å². The highest BCUT2D eigenvalue weighted by atomic mass is 16.3. The monoisotopic (exact) mass is 157 g/mol. The summed E-state index contributed by atoms with van der Waals surface area (Å²) < 4.78 is 0. The first kappa shape index (κ1) is 9.01. The van der Waals surface area contributed by atoms with Crippen molar-refractivity contribution in [3.05, 3.63) is 0 Å². The fourth-order valence-corrected chi connectivity index (χ4v) is 1.17. The molecule has 0 aromatic heterocycles. The van der Waals surface area contributed by atoms with Crippen LogP contribution in [0.5, 0.6) is 0 Å². The van der Waals surface area contributed by atoms with Gasteiger partial charge in [0.2, 0.25) is 0 Å². The molecule has 0 aromatic rings. The van der Waals surface area contributed by atoms with Crippen molar-refractivity contribution in [2.45, 2.75) is 45.3 Å². The van der Waals surface area contributed by atoms with Crippen molar-refractivity contribution in [1.29, 1.82) is 0 Å². The van der Waals surface area contributed by atoms with Gasteiger partial charge in [0, 0.05) is 12.6 Å². The highest BCUT2D eigenvalue weighted by Crippen LogP contribution is 2.32. The maximum Gasteiger partial charge on any atom is 0.0715 e. The second-order valence-electron chi connectivity index (χ2n) is 4.32. The minimum atomic E-state index is -0.566. The van der Waals surface area contributed by atoms with E-state index in [9.17, 15) is 5.11 Å². The van der Waals surface area contributed by atoms with Crippen molar-refractivity contribution in [2.75, 3.05) is 6.54 Å². The lowest BCUT2D eigenvalue weighted by Crippen LogP contribution is -2.40. The third-order valence-electron chi connectivity index (χ3n) is 2.19. The molecule has 0 spiro atoms. The summed E-state index contributed by atoms with van der Waals surface area (Å²) in [6.07, 6.45) is 2.72. The van der Waals surface area contributed by atoms with Crippen molar-refractivity contribution < 1.29 is 5.11 Å². The zero-order valence-electron chi connectivity index (χ0n) is 7.72. The van der Waals surface area contributed by atoms with Gasteiger partial charge < -0.3 is 10.4 Å². The predicted molar refractivity (Wildman–Crippen MR) is 46.5 cm³/mol. The molecule has 66 valence electrons. The maximum absolute atomic E-state index is 9.41. The van der Waals surface area contributed by atoms with E-state index in [0.29, 0.717) is 12.6 Å². The number of rotatable bonds is 4. The van der Waals surface area contributed by atoms with E-state index in [1.807, 2.05) is 13.8 Å². The fraction of sp³-hybridized carbons (Fsp3) is 1.00. The van der Waals surface area contributed by atoms with Crippen LogP contribution < -0.4 is 5.32 Å². The second kappa shape index (κ2) is 3.11. The molecule has 2 N–H and O–H groups in total. The topological polar surface area (TPSA) is 32.3 Å². The van der Waals surface area contributed by atoms with E-state index < -0.39 is 5.60 Å². The van der Waals surface area contributed by atoms with Gasteiger partial charge in [-0.15, -0.1) is 0 Å². The summed E-state index contributed by atoms with van der Waals surface area (Å²) in [6.45, 7) is 6.56. The lowest BCUT2D eigenvalue weighted by molar-refractivity contribution is 0.0762. The van der Waals surface area contributed by atoms with Crippen LogP contribution in [-0.4, -0.2) is 23.3 Å². The third kappa shape index (κ3) is 3.73. The number of hydrogen-bond acceptors (Lipinski definition) is 2. The molecule has 1 aliphatic rings. The summed E-state index contributed by atoms with van der Waals surface area (Å²) in [4.78, 5) is 0. The Bertz CT molecular complexity index is 124. The normalized spacial score (nSPS) is 21.8. The van der Waals surface area contributed by atoms with Crippen LogP contribution >= 0.6 is 0 Å². The fourth-order valence-electron chi connectivity index (χ4n) is 1.17. The van der Waals surface area contributed by atoms with Gasteiger partial charge >= 0.3 is 0 Å². The first-order valence-electron chi connectivity index (χ1n) is 4.45. The molecule has 1 atom stereocenters. The van der Waals surface area contributed by atoms with E-state index in [1.165, 1.54) is 12.8 Å². The molecule has 1 saturated carbocycles. The molecule has 2 heteroatoms. The minimum Gasteiger partial charge on any atom is -0.389 e. The smallest absolute Gasteiger partial charge is 0.0715 e. The first-order valence-corrected chi connectivity index (χ1v) is 4.45. The predicted octanol–water partition coefficient (Wildman–Crippen LogP) is 1.15. The van der Waals surface area contributed by atoms with Gasteiger partial charge in [-0.3, -0.25) is 0 Å². The Morgan fingerprint density at radius 3 is 2.45 bits per heavy atom. The summed E-state index contributed by atoms with van der Waals surface area (Å²) in [7, 11) is 0. The molecule has 1 aliphatic carbocycles. The molecular weight excluding hydrogens is 138 g/mol. The van der Waals surface area contributed by atoms with Crippen LogP contribution in [0.3, 0.4) is 0 Å². The Hall–Kier alpha value is -0.0800. The van der Waals surface area contributed by atoms with Gasteiger partial charge in [-0.05, 0) is 39.5 Å². The van der Waals surface area contributed by atoms with Crippen LogP contribution in [0, 0.1) is 5.92 Å². The van der Waals surface area contributed by atoms with Crippen LogP contribution in [0.25, 0.3) is 0 Å². The highest BCUT2D eigenvalue weighted by Gasteiger charge is 2.28. The van der Waals surface area contributed by atoms with Crippen LogP contribution in [0.15, 0.2) is 0 Å².